The van der Waals surface area contributed by atoms with E-state index in [0.717, 1.165) is 23.8 Å². The van der Waals surface area contributed by atoms with E-state index < -0.39 is 0 Å². The third kappa shape index (κ3) is 3.79. The van der Waals surface area contributed by atoms with Crippen molar-refractivity contribution < 1.29 is 0 Å². The van der Waals surface area contributed by atoms with Crippen molar-refractivity contribution in [1.82, 2.24) is 5.32 Å². The number of hydrogen-bond acceptors (Lipinski definition) is 1. The van der Waals surface area contributed by atoms with Gasteiger partial charge in [0.1, 0.15) is 0 Å². The molecule has 4 atom stereocenters. The van der Waals surface area contributed by atoms with E-state index >= 15 is 0 Å². The standard InChI is InChI=1S/C14H29N/c1-5-9-15-14(6-2)13-8-7-11(3)10-12(13)4/h11-15H,5-10H2,1-4H3. The molecule has 90 valence electrons. The highest BCUT2D eigenvalue weighted by molar-refractivity contribution is 4.84. The molecule has 4 unspecified atom stereocenters. The van der Waals surface area contributed by atoms with Crippen LogP contribution < -0.4 is 5.32 Å². The van der Waals surface area contributed by atoms with Crippen LogP contribution in [0.15, 0.2) is 0 Å². The van der Waals surface area contributed by atoms with Crippen LogP contribution in [0.5, 0.6) is 0 Å². The van der Waals surface area contributed by atoms with Crippen LogP contribution >= 0.6 is 0 Å². The van der Waals surface area contributed by atoms with Gasteiger partial charge in [0.25, 0.3) is 0 Å². The van der Waals surface area contributed by atoms with E-state index in [1.807, 2.05) is 0 Å². The van der Waals surface area contributed by atoms with Crippen molar-refractivity contribution >= 4 is 0 Å². The molecule has 0 aromatic heterocycles. The molecule has 15 heavy (non-hydrogen) atoms. The van der Waals surface area contributed by atoms with E-state index in [1.165, 1.54) is 38.6 Å². The predicted octanol–water partition coefficient (Wildman–Crippen LogP) is 3.84. The van der Waals surface area contributed by atoms with Gasteiger partial charge in [0.15, 0.2) is 0 Å². The summed E-state index contributed by atoms with van der Waals surface area (Å²) in [5, 5.41) is 3.73. The zero-order chi connectivity index (χ0) is 11.3. The Bertz CT molecular complexity index is 167. The first-order valence-corrected chi connectivity index (χ1v) is 6.92. The molecule has 0 saturated heterocycles. The summed E-state index contributed by atoms with van der Waals surface area (Å²) in [5.74, 6) is 2.81. The summed E-state index contributed by atoms with van der Waals surface area (Å²) in [6.45, 7) is 10.6. The highest BCUT2D eigenvalue weighted by Gasteiger charge is 2.30. The van der Waals surface area contributed by atoms with Crippen LogP contribution in [0.25, 0.3) is 0 Å². The van der Waals surface area contributed by atoms with E-state index in [1.54, 1.807) is 0 Å². The number of nitrogens with one attached hydrogen (secondary N) is 1. The molecule has 1 heteroatoms. The van der Waals surface area contributed by atoms with Gasteiger partial charge in [-0.25, -0.2) is 0 Å². The Morgan fingerprint density at radius 2 is 1.93 bits per heavy atom. The quantitative estimate of drug-likeness (QED) is 0.728. The minimum Gasteiger partial charge on any atom is -0.314 e. The largest absolute Gasteiger partial charge is 0.314 e. The Morgan fingerprint density at radius 1 is 1.20 bits per heavy atom. The van der Waals surface area contributed by atoms with Crippen molar-refractivity contribution in [2.45, 2.75) is 65.8 Å². The van der Waals surface area contributed by atoms with Gasteiger partial charge in [-0.2, -0.15) is 0 Å². The summed E-state index contributed by atoms with van der Waals surface area (Å²) in [5.41, 5.74) is 0. The van der Waals surface area contributed by atoms with Gasteiger partial charge >= 0.3 is 0 Å². The third-order valence-electron chi connectivity index (χ3n) is 4.11. The summed E-state index contributed by atoms with van der Waals surface area (Å²) in [4.78, 5) is 0. The van der Waals surface area contributed by atoms with E-state index in [0.29, 0.717) is 0 Å². The van der Waals surface area contributed by atoms with Gasteiger partial charge in [-0.05, 0) is 50.0 Å². The molecule has 1 N–H and O–H groups in total. The number of rotatable bonds is 5. The Morgan fingerprint density at radius 3 is 2.47 bits per heavy atom. The Balaban J connectivity index is 2.44. The fourth-order valence-electron chi connectivity index (χ4n) is 3.21. The second-order valence-electron chi connectivity index (χ2n) is 5.53. The topological polar surface area (TPSA) is 12.0 Å². The molecule has 0 amide bonds. The Hall–Kier alpha value is -0.0400. The molecule has 1 rings (SSSR count). The lowest BCUT2D eigenvalue weighted by Gasteiger charge is -2.38. The highest BCUT2D eigenvalue weighted by Crippen LogP contribution is 2.36. The molecular formula is C14H29N. The smallest absolute Gasteiger partial charge is 0.00952 e. The molecule has 1 aliphatic rings. The number of hydrogen-bond donors (Lipinski definition) is 1. The summed E-state index contributed by atoms with van der Waals surface area (Å²) in [6.07, 6.45) is 6.88. The molecule has 1 aliphatic carbocycles. The van der Waals surface area contributed by atoms with Crippen molar-refractivity contribution in [1.29, 1.82) is 0 Å². The summed E-state index contributed by atoms with van der Waals surface area (Å²) < 4.78 is 0. The minimum absolute atomic E-state index is 0.771. The zero-order valence-corrected chi connectivity index (χ0v) is 11.1. The average Bonchev–Trinajstić information content (AvgIpc) is 2.21. The molecule has 0 bridgehead atoms. The van der Waals surface area contributed by atoms with Gasteiger partial charge in [-0.1, -0.05) is 34.1 Å². The van der Waals surface area contributed by atoms with Gasteiger partial charge in [0.05, 0.1) is 0 Å². The predicted molar refractivity (Wildman–Crippen MR) is 68.0 cm³/mol. The van der Waals surface area contributed by atoms with Gasteiger partial charge in [-0.3, -0.25) is 0 Å². The summed E-state index contributed by atoms with van der Waals surface area (Å²) >= 11 is 0. The van der Waals surface area contributed by atoms with Crippen molar-refractivity contribution in [3.05, 3.63) is 0 Å². The molecule has 0 radical (unpaired) electrons. The maximum atomic E-state index is 3.73. The Labute approximate surface area is 96.0 Å². The molecule has 0 aliphatic heterocycles. The normalized spacial score (nSPS) is 34.0. The molecule has 0 aromatic carbocycles. The monoisotopic (exact) mass is 211 g/mol. The first-order valence-electron chi connectivity index (χ1n) is 6.92. The SMILES string of the molecule is CCCNC(CC)C1CCC(C)CC1C. The van der Waals surface area contributed by atoms with E-state index in [-0.39, 0.29) is 0 Å². The van der Waals surface area contributed by atoms with Gasteiger partial charge in [0.2, 0.25) is 0 Å². The Kier molecular flexibility index (Phi) is 5.66. The third-order valence-corrected chi connectivity index (χ3v) is 4.11. The maximum absolute atomic E-state index is 3.73. The molecule has 0 aromatic rings. The molecule has 1 saturated carbocycles. The fraction of sp³-hybridized carbons (Fsp3) is 1.00. The first kappa shape index (κ1) is 13.0. The molecule has 0 spiro atoms. The van der Waals surface area contributed by atoms with Gasteiger partial charge in [0, 0.05) is 6.04 Å². The lowest BCUT2D eigenvalue weighted by Crippen LogP contribution is -2.41. The van der Waals surface area contributed by atoms with Crippen LogP contribution in [0.2, 0.25) is 0 Å². The van der Waals surface area contributed by atoms with Crippen LogP contribution in [-0.4, -0.2) is 12.6 Å². The molecule has 1 nitrogen and oxygen atoms in total. The van der Waals surface area contributed by atoms with Gasteiger partial charge < -0.3 is 5.32 Å². The van der Waals surface area contributed by atoms with Crippen molar-refractivity contribution in [2.24, 2.45) is 17.8 Å². The summed E-state index contributed by atoms with van der Waals surface area (Å²) in [7, 11) is 0. The van der Waals surface area contributed by atoms with E-state index in [4.69, 9.17) is 0 Å². The maximum Gasteiger partial charge on any atom is 0.00952 e. The highest BCUT2D eigenvalue weighted by atomic mass is 14.9. The van der Waals surface area contributed by atoms with E-state index in [9.17, 15) is 0 Å². The van der Waals surface area contributed by atoms with Crippen molar-refractivity contribution in [3.63, 3.8) is 0 Å². The van der Waals surface area contributed by atoms with Crippen LogP contribution in [0, 0.1) is 17.8 Å². The van der Waals surface area contributed by atoms with Crippen LogP contribution in [0.1, 0.15) is 59.8 Å². The zero-order valence-electron chi connectivity index (χ0n) is 11.1. The molecule has 1 fully saturated rings. The van der Waals surface area contributed by atoms with Crippen LogP contribution in [-0.2, 0) is 0 Å². The molecular weight excluding hydrogens is 182 g/mol. The van der Waals surface area contributed by atoms with Crippen molar-refractivity contribution in [2.75, 3.05) is 6.54 Å². The summed E-state index contributed by atoms with van der Waals surface area (Å²) in [6, 6.07) is 0.771. The average molecular weight is 211 g/mol. The molecule has 0 heterocycles. The minimum atomic E-state index is 0.771. The van der Waals surface area contributed by atoms with Crippen LogP contribution in [0.4, 0.5) is 0 Å². The first-order chi connectivity index (χ1) is 7.19. The second kappa shape index (κ2) is 6.52. The van der Waals surface area contributed by atoms with Crippen LogP contribution in [0.3, 0.4) is 0 Å². The fourth-order valence-corrected chi connectivity index (χ4v) is 3.21. The van der Waals surface area contributed by atoms with E-state index in [2.05, 4.69) is 33.0 Å². The van der Waals surface area contributed by atoms with Crippen molar-refractivity contribution in [3.8, 4) is 0 Å². The lowest BCUT2D eigenvalue weighted by atomic mass is 9.72. The van der Waals surface area contributed by atoms with Gasteiger partial charge in [-0.15, -0.1) is 0 Å². The lowest BCUT2D eigenvalue weighted by molar-refractivity contribution is 0.156. The second-order valence-corrected chi connectivity index (χ2v) is 5.53.